The van der Waals surface area contributed by atoms with E-state index in [1.807, 2.05) is 6.07 Å². The minimum atomic E-state index is 0.0489. The van der Waals surface area contributed by atoms with Crippen LogP contribution in [0.5, 0.6) is 0 Å². The van der Waals surface area contributed by atoms with E-state index in [1.165, 1.54) is 16.8 Å². The van der Waals surface area contributed by atoms with Crippen LogP contribution in [0.25, 0.3) is 0 Å². The van der Waals surface area contributed by atoms with Crippen LogP contribution < -0.4 is 5.73 Å². The first-order valence-corrected chi connectivity index (χ1v) is 6.75. The first kappa shape index (κ1) is 12.3. The largest absolute Gasteiger partial charge is 0.326 e. The summed E-state index contributed by atoms with van der Waals surface area (Å²) in [5.74, 6) is 0.734. The summed E-state index contributed by atoms with van der Waals surface area (Å²) in [7, 11) is 1.78. The van der Waals surface area contributed by atoms with Crippen LogP contribution in [0.2, 0.25) is 0 Å². The highest BCUT2D eigenvalue weighted by atomic mass is 15.6. The zero-order valence-corrected chi connectivity index (χ0v) is 11.2. The second kappa shape index (κ2) is 4.74. The van der Waals surface area contributed by atoms with Gasteiger partial charge in [-0.25, -0.2) is 0 Å². The normalized spacial score (nSPS) is 18.8. The van der Waals surface area contributed by atoms with E-state index in [-0.39, 0.29) is 11.5 Å². The predicted octanol–water partition coefficient (Wildman–Crippen LogP) is 1.20. The molecule has 3 rings (SSSR count). The lowest BCUT2D eigenvalue weighted by Crippen LogP contribution is -2.51. The summed E-state index contributed by atoms with van der Waals surface area (Å²) in [6.45, 7) is 0. The van der Waals surface area contributed by atoms with Crippen LogP contribution in [0.4, 0.5) is 0 Å². The van der Waals surface area contributed by atoms with E-state index in [0.29, 0.717) is 6.42 Å². The fourth-order valence-corrected chi connectivity index (χ4v) is 3.00. The summed E-state index contributed by atoms with van der Waals surface area (Å²) in [5, 5.41) is 12.1. The van der Waals surface area contributed by atoms with Crippen molar-refractivity contribution in [3.8, 4) is 0 Å². The lowest BCUT2D eigenvalue weighted by atomic mass is 9.59. The molecule has 100 valence electrons. The van der Waals surface area contributed by atoms with Gasteiger partial charge in [-0.05, 0) is 23.6 Å². The zero-order chi connectivity index (χ0) is 13.3. The van der Waals surface area contributed by atoms with Gasteiger partial charge in [0, 0.05) is 17.9 Å². The molecule has 0 bridgehead atoms. The van der Waals surface area contributed by atoms with Gasteiger partial charge in [0.25, 0.3) is 0 Å². The van der Waals surface area contributed by atoms with Gasteiger partial charge in [0.15, 0.2) is 5.82 Å². The molecule has 2 N–H and O–H groups in total. The van der Waals surface area contributed by atoms with E-state index in [9.17, 15) is 0 Å². The van der Waals surface area contributed by atoms with Crippen LogP contribution in [-0.4, -0.2) is 26.2 Å². The Morgan fingerprint density at radius 2 is 2.05 bits per heavy atom. The van der Waals surface area contributed by atoms with E-state index in [2.05, 4.69) is 39.7 Å². The maximum absolute atomic E-state index is 6.47. The molecule has 1 aliphatic rings. The quantitative estimate of drug-likeness (QED) is 0.893. The number of nitrogens with zero attached hydrogens (tertiary/aromatic N) is 4. The summed E-state index contributed by atoms with van der Waals surface area (Å²) in [4.78, 5) is 1.48. The number of nitrogens with two attached hydrogens (primary N) is 1. The summed E-state index contributed by atoms with van der Waals surface area (Å²) >= 11 is 0. The number of hydrogen-bond donors (Lipinski definition) is 1. The van der Waals surface area contributed by atoms with Gasteiger partial charge in [0.2, 0.25) is 0 Å². The molecule has 1 atom stereocenters. The molecule has 0 saturated heterocycles. The number of aromatic nitrogens is 4. The van der Waals surface area contributed by atoms with E-state index in [4.69, 9.17) is 5.73 Å². The smallest absolute Gasteiger partial charge is 0.176 e. The Morgan fingerprint density at radius 3 is 2.58 bits per heavy atom. The van der Waals surface area contributed by atoms with Crippen molar-refractivity contribution in [2.45, 2.75) is 37.1 Å². The highest BCUT2D eigenvalue weighted by Crippen LogP contribution is 2.46. The molecule has 0 amide bonds. The van der Waals surface area contributed by atoms with Crippen molar-refractivity contribution in [2.75, 3.05) is 0 Å². The van der Waals surface area contributed by atoms with E-state index >= 15 is 0 Å². The highest BCUT2D eigenvalue weighted by molar-refractivity contribution is 5.30. The Morgan fingerprint density at radius 1 is 1.32 bits per heavy atom. The van der Waals surface area contributed by atoms with Crippen molar-refractivity contribution < 1.29 is 0 Å². The van der Waals surface area contributed by atoms with Gasteiger partial charge < -0.3 is 5.73 Å². The van der Waals surface area contributed by atoms with E-state index < -0.39 is 0 Å². The third-order valence-electron chi connectivity index (χ3n) is 4.26. The molecule has 1 aliphatic carbocycles. The van der Waals surface area contributed by atoms with Gasteiger partial charge in [-0.2, -0.15) is 4.80 Å². The van der Waals surface area contributed by atoms with Crippen LogP contribution in [0.15, 0.2) is 30.3 Å². The first-order chi connectivity index (χ1) is 9.21. The minimum Gasteiger partial charge on any atom is -0.326 e. The molecule has 1 fully saturated rings. The molecular formula is C14H19N5. The van der Waals surface area contributed by atoms with Gasteiger partial charge >= 0.3 is 0 Å². The molecule has 5 heteroatoms. The maximum atomic E-state index is 6.47. The molecule has 1 unspecified atom stereocenters. The van der Waals surface area contributed by atoms with Crippen molar-refractivity contribution in [1.82, 2.24) is 20.2 Å². The third kappa shape index (κ3) is 2.14. The average Bonchev–Trinajstić information content (AvgIpc) is 2.75. The van der Waals surface area contributed by atoms with Crippen molar-refractivity contribution >= 4 is 0 Å². The van der Waals surface area contributed by atoms with Gasteiger partial charge in [-0.1, -0.05) is 36.8 Å². The number of rotatable bonds is 4. The number of hydrogen-bond acceptors (Lipinski definition) is 4. The topological polar surface area (TPSA) is 69.6 Å². The summed E-state index contributed by atoms with van der Waals surface area (Å²) in [5.41, 5.74) is 7.91. The van der Waals surface area contributed by atoms with Crippen molar-refractivity contribution in [3.63, 3.8) is 0 Å². The Balaban J connectivity index is 1.82. The number of aryl methyl sites for hydroxylation is 1. The molecule has 1 saturated carbocycles. The zero-order valence-electron chi connectivity index (χ0n) is 11.2. The third-order valence-corrected chi connectivity index (χ3v) is 4.26. The lowest BCUT2D eigenvalue weighted by molar-refractivity contribution is 0.193. The number of tetrazole rings is 1. The fourth-order valence-electron chi connectivity index (χ4n) is 3.00. The van der Waals surface area contributed by atoms with Crippen molar-refractivity contribution in [3.05, 3.63) is 41.7 Å². The van der Waals surface area contributed by atoms with E-state index in [1.54, 1.807) is 7.05 Å². The molecule has 1 heterocycles. The van der Waals surface area contributed by atoms with Gasteiger partial charge in [-0.3, -0.25) is 0 Å². The van der Waals surface area contributed by atoms with Crippen LogP contribution in [0, 0.1) is 0 Å². The molecule has 19 heavy (non-hydrogen) atoms. The lowest BCUT2D eigenvalue weighted by Gasteiger charge is -2.46. The predicted molar refractivity (Wildman–Crippen MR) is 72.4 cm³/mol. The Hall–Kier alpha value is -1.75. The highest BCUT2D eigenvalue weighted by Gasteiger charge is 2.44. The van der Waals surface area contributed by atoms with Gasteiger partial charge in [0.1, 0.15) is 0 Å². The Labute approximate surface area is 112 Å². The van der Waals surface area contributed by atoms with Crippen LogP contribution in [0.1, 0.15) is 30.7 Å². The second-order valence-corrected chi connectivity index (χ2v) is 5.38. The van der Waals surface area contributed by atoms with Crippen LogP contribution >= 0.6 is 0 Å². The van der Waals surface area contributed by atoms with Crippen molar-refractivity contribution in [2.24, 2.45) is 12.8 Å². The molecular weight excluding hydrogens is 238 g/mol. The Bertz CT molecular complexity index is 544. The molecule has 0 radical (unpaired) electrons. The Kier molecular flexibility index (Phi) is 3.06. The molecule has 1 aromatic carbocycles. The molecule has 5 nitrogen and oxygen atoms in total. The fraction of sp³-hybridized carbons (Fsp3) is 0.500. The molecule has 1 aromatic heterocycles. The maximum Gasteiger partial charge on any atom is 0.176 e. The van der Waals surface area contributed by atoms with Gasteiger partial charge in [-0.15, -0.1) is 10.2 Å². The summed E-state index contributed by atoms with van der Waals surface area (Å²) in [6.07, 6.45) is 4.23. The number of benzene rings is 1. The standard InChI is InChI=1S/C14H19N5/c1-19-17-13(16-18-19)10-12(15)14(8-5-9-14)11-6-3-2-4-7-11/h2-4,6-7,12H,5,8-10,15H2,1H3. The van der Waals surface area contributed by atoms with Crippen LogP contribution in [0.3, 0.4) is 0 Å². The second-order valence-electron chi connectivity index (χ2n) is 5.38. The van der Waals surface area contributed by atoms with Crippen molar-refractivity contribution in [1.29, 1.82) is 0 Å². The SMILES string of the molecule is Cn1nnc(CC(N)C2(c3ccccc3)CCC2)n1. The summed E-state index contributed by atoms with van der Waals surface area (Å²) in [6, 6.07) is 10.6. The molecule has 0 aliphatic heterocycles. The monoisotopic (exact) mass is 257 g/mol. The molecule has 2 aromatic rings. The minimum absolute atomic E-state index is 0.0489. The average molecular weight is 257 g/mol. The molecule has 0 spiro atoms. The van der Waals surface area contributed by atoms with E-state index in [0.717, 1.165) is 18.7 Å². The first-order valence-electron chi connectivity index (χ1n) is 6.75. The summed E-state index contributed by atoms with van der Waals surface area (Å²) < 4.78 is 0. The van der Waals surface area contributed by atoms with Gasteiger partial charge in [0.05, 0.1) is 7.05 Å². The van der Waals surface area contributed by atoms with Crippen LogP contribution in [-0.2, 0) is 18.9 Å².